The molecule has 2 aromatic rings. The molecular weight excluding hydrogens is 280 g/mol. The Kier molecular flexibility index (Phi) is 4.56. The molecule has 1 amide bonds. The summed E-state index contributed by atoms with van der Waals surface area (Å²) in [7, 11) is 0. The van der Waals surface area contributed by atoms with Crippen LogP contribution in [0, 0.1) is 0 Å². The van der Waals surface area contributed by atoms with E-state index in [1.165, 1.54) is 23.4 Å². The minimum atomic E-state index is -0.0818. The Bertz CT molecular complexity index is 545. The summed E-state index contributed by atoms with van der Waals surface area (Å²) in [5, 5.41) is 3.62. The van der Waals surface area contributed by atoms with Crippen LogP contribution in [0.15, 0.2) is 30.3 Å². The van der Waals surface area contributed by atoms with Crippen molar-refractivity contribution in [3.63, 3.8) is 0 Å². The van der Waals surface area contributed by atoms with Gasteiger partial charge in [-0.2, -0.15) is 0 Å². The van der Waals surface area contributed by atoms with E-state index in [2.05, 4.69) is 10.3 Å². The second-order valence-corrected chi connectivity index (χ2v) is 5.50. The zero-order valence-electron chi connectivity index (χ0n) is 10.4. The summed E-state index contributed by atoms with van der Waals surface area (Å²) in [4.78, 5) is 17.8. The molecule has 19 heavy (non-hydrogen) atoms. The molecule has 1 aliphatic carbocycles. The molecule has 0 aliphatic heterocycles. The highest BCUT2D eigenvalue weighted by molar-refractivity contribution is 7.15. The van der Waals surface area contributed by atoms with E-state index in [9.17, 15) is 4.79 Å². The summed E-state index contributed by atoms with van der Waals surface area (Å²) in [6.45, 7) is 0. The third kappa shape index (κ3) is 3.14. The highest BCUT2D eigenvalue weighted by atomic mass is 35.5. The Balaban J connectivity index is 0.00000133. The molecule has 0 bridgehead atoms. The number of amides is 1. The molecule has 1 heterocycles. The number of fused-ring (bicyclic) bond motifs is 1. The lowest BCUT2D eigenvalue weighted by atomic mass is 10.0. The molecule has 0 spiro atoms. The molecule has 1 aromatic heterocycles. The molecule has 0 fully saturated rings. The Labute approximate surface area is 122 Å². The lowest BCUT2D eigenvalue weighted by molar-refractivity contribution is 0.102. The van der Waals surface area contributed by atoms with Crippen LogP contribution in [0.1, 0.15) is 33.8 Å². The van der Waals surface area contributed by atoms with Crippen molar-refractivity contribution in [3.8, 4) is 0 Å². The fraction of sp³-hybridized carbons (Fsp3) is 0.286. The molecule has 5 heteroatoms. The van der Waals surface area contributed by atoms with Gasteiger partial charge >= 0.3 is 0 Å². The number of aryl methyl sites for hydroxylation is 2. The van der Waals surface area contributed by atoms with Crippen LogP contribution < -0.4 is 5.32 Å². The number of rotatable bonds is 2. The highest BCUT2D eigenvalue weighted by Crippen LogP contribution is 2.29. The summed E-state index contributed by atoms with van der Waals surface area (Å²) in [5.41, 5.74) is 1.85. The average Bonchev–Trinajstić information content (AvgIpc) is 2.82. The second kappa shape index (κ2) is 6.17. The van der Waals surface area contributed by atoms with Gasteiger partial charge in [-0.3, -0.25) is 10.1 Å². The lowest BCUT2D eigenvalue weighted by Gasteiger charge is -2.06. The number of benzene rings is 1. The van der Waals surface area contributed by atoms with Crippen LogP contribution in [-0.2, 0) is 12.8 Å². The molecule has 0 unspecified atom stereocenters. The maximum absolute atomic E-state index is 12.0. The summed E-state index contributed by atoms with van der Waals surface area (Å²) in [6.07, 6.45) is 4.60. The van der Waals surface area contributed by atoms with E-state index < -0.39 is 0 Å². The Hall–Kier alpha value is -1.39. The van der Waals surface area contributed by atoms with Crippen molar-refractivity contribution in [3.05, 3.63) is 46.5 Å². The van der Waals surface area contributed by atoms with Gasteiger partial charge in [0, 0.05) is 10.4 Å². The quantitative estimate of drug-likeness (QED) is 0.918. The first kappa shape index (κ1) is 14.0. The fourth-order valence-corrected chi connectivity index (χ4v) is 3.21. The number of nitrogens with zero attached hydrogens (tertiary/aromatic N) is 1. The van der Waals surface area contributed by atoms with Crippen molar-refractivity contribution in [2.24, 2.45) is 0 Å². The molecule has 3 rings (SSSR count). The number of halogens is 1. The number of aromatic nitrogens is 1. The highest BCUT2D eigenvalue weighted by Gasteiger charge is 2.16. The van der Waals surface area contributed by atoms with Crippen LogP contribution in [0.5, 0.6) is 0 Å². The van der Waals surface area contributed by atoms with E-state index in [-0.39, 0.29) is 18.3 Å². The third-order valence-electron chi connectivity index (χ3n) is 3.10. The van der Waals surface area contributed by atoms with E-state index in [1.54, 1.807) is 11.3 Å². The Morgan fingerprint density at radius 2 is 1.89 bits per heavy atom. The number of carbonyl (C=O) groups is 1. The van der Waals surface area contributed by atoms with E-state index in [0.717, 1.165) is 18.0 Å². The molecule has 0 saturated heterocycles. The van der Waals surface area contributed by atoms with Crippen molar-refractivity contribution >= 4 is 34.8 Å². The Morgan fingerprint density at radius 3 is 2.63 bits per heavy atom. The first-order valence-corrected chi connectivity index (χ1v) is 6.99. The summed E-state index contributed by atoms with van der Waals surface area (Å²) in [6, 6.07) is 9.24. The average molecular weight is 295 g/mol. The fourth-order valence-electron chi connectivity index (χ4n) is 2.16. The molecule has 0 saturated carbocycles. The van der Waals surface area contributed by atoms with Crippen molar-refractivity contribution < 1.29 is 4.79 Å². The summed E-state index contributed by atoms with van der Waals surface area (Å²) in [5.74, 6) is -0.0818. The number of hydrogen-bond acceptors (Lipinski definition) is 3. The lowest BCUT2D eigenvalue weighted by Crippen LogP contribution is -2.11. The number of thiazole rings is 1. The van der Waals surface area contributed by atoms with Crippen molar-refractivity contribution in [1.82, 2.24) is 4.98 Å². The maximum Gasteiger partial charge on any atom is 0.257 e. The zero-order valence-corrected chi connectivity index (χ0v) is 12.0. The molecule has 0 radical (unpaired) electrons. The zero-order chi connectivity index (χ0) is 12.4. The van der Waals surface area contributed by atoms with Gasteiger partial charge in [0.05, 0.1) is 5.69 Å². The predicted molar refractivity (Wildman–Crippen MR) is 80.4 cm³/mol. The predicted octanol–water partition coefficient (Wildman–Crippen LogP) is 3.70. The van der Waals surface area contributed by atoms with E-state index in [0.29, 0.717) is 5.56 Å². The molecule has 1 aliphatic rings. The topological polar surface area (TPSA) is 42.0 Å². The van der Waals surface area contributed by atoms with Crippen molar-refractivity contribution in [1.29, 1.82) is 0 Å². The minimum absolute atomic E-state index is 0. The normalized spacial score (nSPS) is 13.3. The molecule has 100 valence electrons. The van der Waals surface area contributed by atoms with Gasteiger partial charge in [0.2, 0.25) is 0 Å². The molecule has 1 aromatic carbocycles. The van der Waals surface area contributed by atoms with Gasteiger partial charge in [0.1, 0.15) is 0 Å². The van der Waals surface area contributed by atoms with Crippen LogP contribution >= 0.6 is 23.7 Å². The Morgan fingerprint density at radius 1 is 1.16 bits per heavy atom. The van der Waals surface area contributed by atoms with Gasteiger partial charge in [0.25, 0.3) is 5.91 Å². The monoisotopic (exact) mass is 294 g/mol. The SMILES string of the molecule is Cl.O=C(Nc1nc2c(s1)CCCC2)c1ccccc1. The van der Waals surface area contributed by atoms with Crippen LogP contribution in [0.2, 0.25) is 0 Å². The van der Waals surface area contributed by atoms with Gasteiger partial charge in [-0.25, -0.2) is 4.98 Å². The third-order valence-corrected chi connectivity index (χ3v) is 4.17. The first-order valence-electron chi connectivity index (χ1n) is 6.18. The number of nitrogens with one attached hydrogen (secondary N) is 1. The van der Waals surface area contributed by atoms with Crippen molar-refractivity contribution in [2.45, 2.75) is 25.7 Å². The van der Waals surface area contributed by atoms with Gasteiger partial charge in [-0.05, 0) is 37.8 Å². The largest absolute Gasteiger partial charge is 0.298 e. The van der Waals surface area contributed by atoms with Crippen LogP contribution in [-0.4, -0.2) is 10.9 Å². The van der Waals surface area contributed by atoms with E-state index in [1.807, 2.05) is 30.3 Å². The summed E-state index contributed by atoms with van der Waals surface area (Å²) < 4.78 is 0. The van der Waals surface area contributed by atoms with Gasteiger partial charge in [-0.15, -0.1) is 23.7 Å². The van der Waals surface area contributed by atoms with Crippen LogP contribution in [0.4, 0.5) is 5.13 Å². The number of hydrogen-bond donors (Lipinski definition) is 1. The molecular formula is C14H15ClN2OS. The van der Waals surface area contributed by atoms with Crippen LogP contribution in [0.3, 0.4) is 0 Å². The number of carbonyl (C=O) groups excluding carboxylic acids is 1. The molecule has 0 atom stereocenters. The standard InChI is InChI=1S/C14H14N2OS.ClH/c17-13(10-6-2-1-3-7-10)16-14-15-11-8-4-5-9-12(11)18-14;/h1-3,6-7H,4-5,8-9H2,(H,15,16,17);1H. The van der Waals surface area contributed by atoms with Gasteiger partial charge in [-0.1, -0.05) is 18.2 Å². The number of anilines is 1. The van der Waals surface area contributed by atoms with Gasteiger partial charge in [0.15, 0.2) is 5.13 Å². The first-order chi connectivity index (χ1) is 8.83. The summed E-state index contributed by atoms with van der Waals surface area (Å²) >= 11 is 1.62. The van der Waals surface area contributed by atoms with Crippen molar-refractivity contribution in [2.75, 3.05) is 5.32 Å². The van der Waals surface area contributed by atoms with Crippen LogP contribution in [0.25, 0.3) is 0 Å². The van der Waals surface area contributed by atoms with E-state index in [4.69, 9.17) is 0 Å². The molecule has 3 nitrogen and oxygen atoms in total. The maximum atomic E-state index is 12.0. The second-order valence-electron chi connectivity index (χ2n) is 4.42. The smallest absolute Gasteiger partial charge is 0.257 e. The minimum Gasteiger partial charge on any atom is -0.298 e. The molecule has 1 N–H and O–H groups in total. The van der Waals surface area contributed by atoms with Gasteiger partial charge < -0.3 is 0 Å². The van der Waals surface area contributed by atoms with E-state index >= 15 is 0 Å².